The monoisotopic (exact) mass is 248 g/mol. The predicted molar refractivity (Wildman–Crippen MR) is 75.2 cm³/mol. The number of aryl methyl sites for hydroxylation is 1. The standard InChI is InChI=1S/C15H24N2O/c1-11(2)15(17-14(18)9-6-10-16)13-8-5-4-7-12(13)3/h4-5,7-8,11,15H,6,9-10,16H2,1-3H3,(H,17,18). The molecule has 1 aromatic carbocycles. The smallest absolute Gasteiger partial charge is 0.220 e. The maximum Gasteiger partial charge on any atom is 0.220 e. The molecule has 1 aromatic rings. The SMILES string of the molecule is Cc1ccccc1C(NC(=O)CCCN)C(C)C. The average molecular weight is 248 g/mol. The van der Waals surface area contributed by atoms with Gasteiger partial charge in [0.25, 0.3) is 0 Å². The zero-order valence-electron chi connectivity index (χ0n) is 11.6. The lowest BCUT2D eigenvalue weighted by Gasteiger charge is -2.24. The molecule has 1 amide bonds. The van der Waals surface area contributed by atoms with Crippen LogP contribution in [0.4, 0.5) is 0 Å². The highest BCUT2D eigenvalue weighted by Gasteiger charge is 2.19. The van der Waals surface area contributed by atoms with Gasteiger partial charge in [-0.2, -0.15) is 0 Å². The number of carbonyl (C=O) groups is 1. The van der Waals surface area contributed by atoms with E-state index in [1.54, 1.807) is 0 Å². The molecule has 3 N–H and O–H groups in total. The van der Waals surface area contributed by atoms with Crippen LogP contribution < -0.4 is 11.1 Å². The molecule has 0 saturated carbocycles. The van der Waals surface area contributed by atoms with E-state index < -0.39 is 0 Å². The maximum absolute atomic E-state index is 11.8. The van der Waals surface area contributed by atoms with Gasteiger partial charge in [-0.05, 0) is 36.9 Å². The van der Waals surface area contributed by atoms with Crippen molar-refractivity contribution in [1.82, 2.24) is 5.32 Å². The molecule has 3 nitrogen and oxygen atoms in total. The predicted octanol–water partition coefficient (Wildman–Crippen LogP) is 2.55. The molecule has 18 heavy (non-hydrogen) atoms. The number of carbonyl (C=O) groups excluding carboxylic acids is 1. The van der Waals surface area contributed by atoms with E-state index in [4.69, 9.17) is 5.73 Å². The van der Waals surface area contributed by atoms with Crippen LogP contribution in [-0.4, -0.2) is 12.5 Å². The first-order valence-corrected chi connectivity index (χ1v) is 6.61. The van der Waals surface area contributed by atoms with Crippen molar-refractivity contribution in [2.45, 2.75) is 39.7 Å². The third kappa shape index (κ3) is 4.15. The highest BCUT2D eigenvalue weighted by atomic mass is 16.1. The lowest BCUT2D eigenvalue weighted by molar-refractivity contribution is -0.122. The summed E-state index contributed by atoms with van der Waals surface area (Å²) in [6, 6.07) is 8.28. The molecule has 0 aliphatic heterocycles. The molecule has 3 heteroatoms. The maximum atomic E-state index is 11.8. The molecule has 0 radical (unpaired) electrons. The summed E-state index contributed by atoms with van der Waals surface area (Å²) in [4.78, 5) is 11.8. The Kier molecular flexibility index (Phi) is 5.86. The highest BCUT2D eigenvalue weighted by Crippen LogP contribution is 2.24. The van der Waals surface area contributed by atoms with Crippen LogP contribution >= 0.6 is 0 Å². The van der Waals surface area contributed by atoms with E-state index in [1.165, 1.54) is 11.1 Å². The quantitative estimate of drug-likeness (QED) is 0.813. The molecule has 0 saturated heterocycles. The van der Waals surface area contributed by atoms with E-state index in [1.807, 2.05) is 12.1 Å². The van der Waals surface area contributed by atoms with Gasteiger partial charge in [0.1, 0.15) is 0 Å². The lowest BCUT2D eigenvalue weighted by atomic mass is 9.92. The Morgan fingerprint density at radius 3 is 2.56 bits per heavy atom. The van der Waals surface area contributed by atoms with Crippen molar-refractivity contribution in [3.8, 4) is 0 Å². The Morgan fingerprint density at radius 2 is 2.00 bits per heavy atom. The molecular weight excluding hydrogens is 224 g/mol. The summed E-state index contributed by atoms with van der Waals surface area (Å²) in [5.74, 6) is 0.454. The van der Waals surface area contributed by atoms with Crippen LogP contribution in [0.2, 0.25) is 0 Å². The van der Waals surface area contributed by atoms with Gasteiger partial charge in [-0.1, -0.05) is 38.1 Å². The number of nitrogens with one attached hydrogen (secondary N) is 1. The molecule has 0 aromatic heterocycles. The topological polar surface area (TPSA) is 55.1 Å². The Labute approximate surface area is 110 Å². The van der Waals surface area contributed by atoms with Gasteiger partial charge in [-0.3, -0.25) is 4.79 Å². The zero-order valence-corrected chi connectivity index (χ0v) is 11.6. The zero-order chi connectivity index (χ0) is 13.5. The molecule has 1 atom stereocenters. The molecule has 0 fully saturated rings. The second-order valence-electron chi connectivity index (χ2n) is 5.04. The van der Waals surface area contributed by atoms with Gasteiger partial charge in [0, 0.05) is 6.42 Å². The van der Waals surface area contributed by atoms with Crippen LogP contribution in [-0.2, 0) is 4.79 Å². The summed E-state index contributed by atoms with van der Waals surface area (Å²) in [5.41, 5.74) is 7.84. The second-order valence-corrected chi connectivity index (χ2v) is 5.04. The number of amides is 1. The summed E-state index contributed by atoms with van der Waals surface area (Å²) >= 11 is 0. The van der Waals surface area contributed by atoms with Crippen molar-refractivity contribution in [2.75, 3.05) is 6.54 Å². The van der Waals surface area contributed by atoms with Crippen molar-refractivity contribution in [3.05, 3.63) is 35.4 Å². The molecule has 1 unspecified atom stereocenters. The summed E-state index contributed by atoms with van der Waals surface area (Å²) in [6.07, 6.45) is 1.25. The minimum absolute atomic E-state index is 0.0801. The van der Waals surface area contributed by atoms with Gasteiger partial charge in [0.05, 0.1) is 6.04 Å². The van der Waals surface area contributed by atoms with Crippen molar-refractivity contribution >= 4 is 5.91 Å². The Bertz CT molecular complexity index is 388. The van der Waals surface area contributed by atoms with E-state index in [0.29, 0.717) is 18.9 Å². The van der Waals surface area contributed by atoms with E-state index in [0.717, 1.165) is 6.42 Å². The molecule has 0 heterocycles. The minimum atomic E-state index is 0.0801. The molecule has 100 valence electrons. The summed E-state index contributed by atoms with van der Waals surface area (Å²) in [5, 5.41) is 3.11. The van der Waals surface area contributed by atoms with Crippen LogP contribution in [0.1, 0.15) is 43.9 Å². The van der Waals surface area contributed by atoms with E-state index in [-0.39, 0.29) is 11.9 Å². The first-order chi connectivity index (χ1) is 8.56. The van der Waals surface area contributed by atoms with Crippen LogP contribution in [0.5, 0.6) is 0 Å². The second kappa shape index (κ2) is 7.17. The van der Waals surface area contributed by atoms with Crippen molar-refractivity contribution in [3.63, 3.8) is 0 Å². The van der Waals surface area contributed by atoms with Gasteiger partial charge in [-0.25, -0.2) is 0 Å². The fraction of sp³-hybridized carbons (Fsp3) is 0.533. The average Bonchev–Trinajstić information content (AvgIpc) is 2.34. The minimum Gasteiger partial charge on any atom is -0.349 e. The Morgan fingerprint density at radius 1 is 1.33 bits per heavy atom. The molecular formula is C15H24N2O. The summed E-state index contributed by atoms with van der Waals surface area (Å²) in [6.45, 7) is 6.89. The van der Waals surface area contributed by atoms with Gasteiger partial charge in [0.15, 0.2) is 0 Å². The Balaban J connectivity index is 2.78. The van der Waals surface area contributed by atoms with Crippen LogP contribution in [0.3, 0.4) is 0 Å². The van der Waals surface area contributed by atoms with E-state index in [9.17, 15) is 4.79 Å². The highest BCUT2D eigenvalue weighted by molar-refractivity contribution is 5.76. The molecule has 0 aliphatic carbocycles. The lowest BCUT2D eigenvalue weighted by Crippen LogP contribution is -2.32. The van der Waals surface area contributed by atoms with Gasteiger partial charge in [-0.15, -0.1) is 0 Å². The van der Waals surface area contributed by atoms with Crippen LogP contribution in [0.15, 0.2) is 24.3 Å². The van der Waals surface area contributed by atoms with Crippen LogP contribution in [0, 0.1) is 12.8 Å². The molecule has 0 bridgehead atoms. The Hall–Kier alpha value is -1.35. The third-order valence-corrected chi connectivity index (χ3v) is 3.11. The first kappa shape index (κ1) is 14.7. The number of hydrogen-bond acceptors (Lipinski definition) is 2. The van der Waals surface area contributed by atoms with E-state index >= 15 is 0 Å². The largest absolute Gasteiger partial charge is 0.349 e. The molecule has 0 spiro atoms. The van der Waals surface area contributed by atoms with E-state index in [2.05, 4.69) is 38.2 Å². The summed E-state index contributed by atoms with van der Waals surface area (Å²) in [7, 11) is 0. The van der Waals surface area contributed by atoms with Gasteiger partial charge < -0.3 is 11.1 Å². The fourth-order valence-corrected chi connectivity index (χ4v) is 2.05. The van der Waals surface area contributed by atoms with Crippen molar-refractivity contribution in [1.29, 1.82) is 0 Å². The van der Waals surface area contributed by atoms with Crippen LogP contribution in [0.25, 0.3) is 0 Å². The number of hydrogen-bond donors (Lipinski definition) is 2. The number of benzene rings is 1. The fourth-order valence-electron chi connectivity index (χ4n) is 2.05. The van der Waals surface area contributed by atoms with Crippen molar-refractivity contribution in [2.24, 2.45) is 11.7 Å². The molecule has 0 aliphatic rings. The molecule has 1 rings (SSSR count). The summed E-state index contributed by atoms with van der Waals surface area (Å²) < 4.78 is 0. The number of nitrogens with two attached hydrogens (primary N) is 1. The number of rotatable bonds is 6. The van der Waals surface area contributed by atoms with Crippen molar-refractivity contribution < 1.29 is 4.79 Å². The van der Waals surface area contributed by atoms with Gasteiger partial charge >= 0.3 is 0 Å². The first-order valence-electron chi connectivity index (χ1n) is 6.61. The third-order valence-electron chi connectivity index (χ3n) is 3.11. The van der Waals surface area contributed by atoms with Gasteiger partial charge in [0.2, 0.25) is 5.91 Å². The normalized spacial score (nSPS) is 12.5.